The number of methoxy groups -OCH3 is 2. The minimum atomic E-state index is -0.971. The topological polar surface area (TPSA) is 175 Å². The first-order valence-electron chi connectivity index (χ1n) is 19.8. The number of carbonyl (C=O) groups is 5. The fourth-order valence-electron chi connectivity index (χ4n) is 9.27. The summed E-state index contributed by atoms with van der Waals surface area (Å²) >= 11 is 0. The summed E-state index contributed by atoms with van der Waals surface area (Å²) in [5.74, 6) is 0.0306. The van der Waals surface area contributed by atoms with Crippen molar-refractivity contribution in [1.29, 1.82) is 0 Å². The molecule has 1 atom stereocenters. The molecule has 6 heterocycles. The number of amides is 6. The molecule has 1 unspecified atom stereocenters. The summed E-state index contributed by atoms with van der Waals surface area (Å²) in [6, 6.07) is 9.76. The second-order valence-electron chi connectivity index (χ2n) is 16.4. The van der Waals surface area contributed by atoms with Crippen molar-refractivity contribution in [3.05, 3.63) is 75.2 Å². The molecule has 1 spiro atoms. The maximum Gasteiger partial charge on any atom is 0.314 e. The number of urea groups is 1. The highest BCUT2D eigenvalue weighted by Crippen LogP contribution is 2.44. The Hall–Kier alpha value is -5.74. The third-order valence-corrected chi connectivity index (χ3v) is 12.6. The number of pyridine rings is 1. The number of piperidine rings is 2. The number of hydrogen-bond acceptors (Lipinski definition) is 11. The average Bonchev–Trinajstić information content (AvgIpc) is 3.44. The number of likely N-dealkylation sites (tertiary alicyclic amines) is 2. The lowest BCUT2D eigenvalue weighted by molar-refractivity contribution is -0.136. The van der Waals surface area contributed by atoms with Crippen LogP contribution in [0.3, 0.4) is 0 Å². The van der Waals surface area contributed by atoms with Crippen LogP contribution in [-0.4, -0.2) is 122 Å². The number of nitrogens with zero attached hydrogens (tertiary/aromatic N) is 5. The molecule has 0 radical (unpaired) electrons. The Morgan fingerprint density at radius 1 is 0.897 bits per heavy atom. The molecule has 5 aliphatic heterocycles. The summed E-state index contributed by atoms with van der Waals surface area (Å²) < 4.78 is 13.3. The van der Waals surface area contributed by atoms with Gasteiger partial charge in [-0.2, -0.15) is 0 Å². The maximum absolute atomic E-state index is 13.3. The zero-order valence-electron chi connectivity index (χ0n) is 33.4. The van der Waals surface area contributed by atoms with E-state index in [2.05, 4.69) is 30.7 Å². The molecule has 16 nitrogen and oxygen atoms in total. The van der Waals surface area contributed by atoms with Gasteiger partial charge >= 0.3 is 6.03 Å². The van der Waals surface area contributed by atoms with Crippen LogP contribution in [0.5, 0.6) is 11.5 Å². The molecule has 0 saturated carbocycles. The Morgan fingerprint density at radius 3 is 2.24 bits per heavy atom. The number of anilines is 1. The zero-order chi connectivity index (χ0) is 40.9. The van der Waals surface area contributed by atoms with Crippen LogP contribution < -0.4 is 35.9 Å². The zero-order valence-corrected chi connectivity index (χ0v) is 33.4. The lowest BCUT2D eigenvalue weighted by atomic mass is 9.71. The normalized spacial score (nSPS) is 20.7. The fourth-order valence-corrected chi connectivity index (χ4v) is 9.27. The Labute approximate surface area is 336 Å². The first-order chi connectivity index (χ1) is 27.9. The standard InChI is InChI=1S/C42H50N8O8/c1-43-41(56)44-17-27-13-28(21-46(2)38(27)53)26-14-34(57-3)32(35(15-26)58-4)22-48-19-25(20-48)18-47-11-9-42(10-12-47)23-49(24-42)29-5-6-30-31(16-29)40(55)50(39(30)54)33-7-8-36(51)45-37(33)52/h5-6,13-16,21,25,33H,7-12,17-20,22-24H2,1-4H3,(H2,43,44,56)(H,45,51,52). The molecule has 3 aromatic rings. The second-order valence-corrected chi connectivity index (χ2v) is 16.4. The highest BCUT2D eigenvalue weighted by Gasteiger charge is 2.48. The molecule has 4 saturated heterocycles. The van der Waals surface area contributed by atoms with Crippen molar-refractivity contribution < 1.29 is 33.4 Å². The molecule has 0 bridgehead atoms. The molecular weight excluding hydrogens is 745 g/mol. The lowest BCUT2D eigenvalue weighted by Crippen LogP contribution is -2.61. The molecule has 16 heteroatoms. The van der Waals surface area contributed by atoms with Gasteiger partial charge in [0.05, 0.1) is 30.9 Å². The predicted molar refractivity (Wildman–Crippen MR) is 214 cm³/mol. The quantitative estimate of drug-likeness (QED) is 0.242. The Bertz CT molecular complexity index is 2210. The van der Waals surface area contributed by atoms with Crippen molar-refractivity contribution in [3.8, 4) is 22.6 Å². The third-order valence-electron chi connectivity index (χ3n) is 12.6. The van der Waals surface area contributed by atoms with Gasteiger partial charge in [-0.3, -0.25) is 39.1 Å². The summed E-state index contributed by atoms with van der Waals surface area (Å²) in [4.78, 5) is 83.4. The van der Waals surface area contributed by atoms with Gasteiger partial charge in [0.15, 0.2) is 0 Å². The summed E-state index contributed by atoms with van der Waals surface area (Å²) in [5.41, 5.74) is 4.65. The number of ether oxygens (including phenoxy) is 2. The van der Waals surface area contributed by atoms with Crippen molar-refractivity contribution in [2.75, 3.05) is 72.0 Å². The van der Waals surface area contributed by atoms with Crippen LogP contribution in [0, 0.1) is 11.3 Å². The van der Waals surface area contributed by atoms with Crippen molar-refractivity contribution in [2.24, 2.45) is 18.4 Å². The highest BCUT2D eigenvalue weighted by molar-refractivity contribution is 6.23. The monoisotopic (exact) mass is 794 g/mol. The molecule has 4 fully saturated rings. The molecule has 8 rings (SSSR count). The number of fused-ring (bicyclic) bond motifs is 1. The number of hydrogen-bond donors (Lipinski definition) is 3. The van der Waals surface area contributed by atoms with Gasteiger partial charge < -0.3 is 34.5 Å². The molecule has 306 valence electrons. The number of carbonyl (C=O) groups excluding carboxylic acids is 5. The number of benzene rings is 2. The van der Waals surface area contributed by atoms with Crippen LogP contribution >= 0.6 is 0 Å². The van der Waals surface area contributed by atoms with Gasteiger partial charge in [0.2, 0.25) is 11.8 Å². The average molecular weight is 795 g/mol. The largest absolute Gasteiger partial charge is 0.496 e. The molecule has 1 aromatic heterocycles. The Kier molecular flexibility index (Phi) is 10.5. The Morgan fingerprint density at radius 2 is 1.59 bits per heavy atom. The van der Waals surface area contributed by atoms with Gasteiger partial charge in [-0.05, 0) is 85.8 Å². The summed E-state index contributed by atoms with van der Waals surface area (Å²) in [5, 5.41) is 7.44. The van der Waals surface area contributed by atoms with E-state index in [-0.39, 0.29) is 36.4 Å². The van der Waals surface area contributed by atoms with Crippen molar-refractivity contribution in [2.45, 2.75) is 44.8 Å². The van der Waals surface area contributed by atoms with Gasteiger partial charge in [0.1, 0.15) is 17.5 Å². The van der Waals surface area contributed by atoms with E-state index in [9.17, 15) is 28.8 Å². The van der Waals surface area contributed by atoms with Gasteiger partial charge in [-0.1, -0.05) is 0 Å². The molecule has 0 aliphatic carbocycles. The maximum atomic E-state index is 13.3. The van der Waals surface area contributed by atoms with E-state index in [4.69, 9.17) is 9.47 Å². The first kappa shape index (κ1) is 39.1. The van der Waals surface area contributed by atoms with Crippen LogP contribution in [0.4, 0.5) is 10.5 Å². The van der Waals surface area contributed by atoms with Gasteiger partial charge in [-0.15, -0.1) is 0 Å². The Balaban J connectivity index is 0.825. The summed E-state index contributed by atoms with van der Waals surface area (Å²) in [6.07, 6.45) is 4.21. The number of rotatable bonds is 11. The SMILES string of the molecule is CNC(=O)NCc1cc(-c2cc(OC)c(CN3CC(CN4CCC5(CC4)CN(c4ccc6c(c4)C(=O)N(C4CCC(=O)NC4=O)C6=O)C5)C3)c(OC)c2)cn(C)c1=O. The van der Waals surface area contributed by atoms with E-state index in [0.29, 0.717) is 40.7 Å². The van der Waals surface area contributed by atoms with Gasteiger partial charge in [0, 0.05) is 89.2 Å². The molecule has 58 heavy (non-hydrogen) atoms. The molecule has 5 aliphatic rings. The van der Waals surface area contributed by atoms with E-state index in [1.807, 2.05) is 18.2 Å². The molecule has 2 aromatic carbocycles. The summed E-state index contributed by atoms with van der Waals surface area (Å²) in [6.45, 7) is 7.68. The van der Waals surface area contributed by atoms with E-state index in [1.165, 1.54) is 11.6 Å². The predicted octanol–water partition coefficient (Wildman–Crippen LogP) is 1.93. The number of nitrogens with one attached hydrogen (secondary N) is 3. The number of imide groups is 2. The number of aryl methyl sites for hydroxylation is 1. The second kappa shape index (κ2) is 15.5. The van der Waals surface area contributed by atoms with Crippen LogP contribution in [0.1, 0.15) is 57.5 Å². The smallest absolute Gasteiger partial charge is 0.314 e. The van der Waals surface area contributed by atoms with Crippen molar-refractivity contribution in [3.63, 3.8) is 0 Å². The van der Waals surface area contributed by atoms with Crippen molar-refractivity contribution >= 4 is 35.3 Å². The van der Waals surface area contributed by atoms with E-state index in [1.54, 1.807) is 45.7 Å². The van der Waals surface area contributed by atoms with Crippen LogP contribution in [0.25, 0.3) is 11.1 Å². The lowest BCUT2D eigenvalue weighted by Gasteiger charge is -2.55. The van der Waals surface area contributed by atoms with Crippen molar-refractivity contribution in [1.82, 2.24) is 35.2 Å². The van der Waals surface area contributed by atoms with Crippen LogP contribution in [0.15, 0.2) is 47.4 Å². The van der Waals surface area contributed by atoms with Gasteiger partial charge in [-0.25, -0.2) is 4.79 Å². The summed E-state index contributed by atoms with van der Waals surface area (Å²) in [7, 11) is 6.52. The molecule has 6 amide bonds. The molecular formula is C42H50N8O8. The highest BCUT2D eigenvalue weighted by atomic mass is 16.5. The van der Waals surface area contributed by atoms with Crippen LogP contribution in [0.2, 0.25) is 0 Å². The van der Waals surface area contributed by atoms with Crippen LogP contribution in [-0.2, 0) is 29.7 Å². The van der Waals surface area contributed by atoms with Gasteiger partial charge in [0.25, 0.3) is 17.4 Å². The molecule has 3 N–H and O–H groups in total. The van der Waals surface area contributed by atoms with E-state index >= 15 is 0 Å². The minimum Gasteiger partial charge on any atom is -0.496 e. The fraction of sp³-hybridized carbons (Fsp3) is 0.476. The van der Waals surface area contributed by atoms with E-state index < -0.39 is 29.7 Å². The number of aromatic nitrogens is 1. The third kappa shape index (κ3) is 7.30. The van der Waals surface area contributed by atoms with E-state index in [0.717, 1.165) is 85.9 Å². The first-order valence-corrected chi connectivity index (χ1v) is 19.8. The minimum absolute atomic E-state index is 0.0927.